The second-order valence-corrected chi connectivity index (χ2v) is 4.11. The minimum absolute atomic E-state index is 0.134. The molecule has 0 amide bonds. The molecule has 0 unspecified atom stereocenters. The standard InChI is InChI=1S/C15H19NO/c1-3-17-15(11-16-2)14-9-8-12-6-4-5-7-13(12)10-14/h4-10,15-16H,3,11H2,1-2H3/t15-/m1/s1. The van der Waals surface area contributed by atoms with Crippen LogP contribution in [0.15, 0.2) is 42.5 Å². The van der Waals surface area contributed by atoms with Crippen molar-refractivity contribution in [3.8, 4) is 0 Å². The maximum absolute atomic E-state index is 5.75. The van der Waals surface area contributed by atoms with Crippen molar-refractivity contribution in [2.75, 3.05) is 20.2 Å². The highest BCUT2D eigenvalue weighted by Crippen LogP contribution is 2.22. The van der Waals surface area contributed by atoms with E-state index in [2.05, 4.69) is 47.8 Å². The van der Waals surface area contributed by atoms with Gasteiger partial charge < -0.3 is 10.1 Å². The Kier molecular flexibility index (Phi) is 4.13. The average molecular weight is 229 g/mol. The van der Waals surface area contributed by atoms with Crippen LogP contribution in [0.3, 0.4) is 0 Å². The van der Waals surface area contributed by atoms with Gasteiger partial charge >= 0.3 is 0 Å². The minimum Gasteiger partial charge on any atom is -0.372 e. The summed E-state index contributed by atoms with van der Waals surface area (Å²) in [5.74, 6) is 0. The summed E-state index contributed by atoms with van der Waals surface area (Å²) in [6, 6.07) is 14.9. The number of nitrogens with one attached hydrogen (secondary N) is 1. The Morgan fingerprint density at radius 1 is 1.12 bits per heavy atom. The van der Waals surface area contributed by atoms with E-state index in [9.17, 15) is 0 Å². The Labute approximate surface area is 103 Å². The van der Waals surface area contributed by atoms with E-state index in [0.717, 1.165) is 13.2 Å². The van der Waals surface area contributed by atoms with Crippen molar-refractivity contribution in [2.24, 2.45) is 0 Å². The predicted octanol–water partition coefficient (Wildman–Crippen LogP) is 3.14. The lowest BCUT2D eigenvalue weighted by atomic mass is 10.0. The summed E-state index contributed by atoms with van der Waals surface area (Å²) >= 11 is 0. The molecule has 0 fully saturated rings. The van der Waals surface area contributed by atoms with Gasteiger partial charge in [0.25, 0.3) is 0 Å². The summed E-state index contributed by atoms with van der Waals surface area (Å²) in [7, 11) is 1.95. The molecule has 0 spiro atoms. The molecule has 0 aliphatic rings. The van der Waals surface area contributed by atoms with E-state index in [4.69, 9.17) is 4.74 Å². The first-order valence-electron chi connectivity index (χ1n) is 6.10. The van der Waals surface area contributed by atoms with Crippen molar-refractivity contribution >= 4 is 10.8 Å². The number of hydrogen-bond acceptors (Lipinski definition) is 2. The van der Waals surface area contributed by atoms with Crippen LogP contribution in [0.5, 0.6) is 0 Å². The molecule has 0 saturated carbocycles. The third kappa shape index (κ3) is 2.84. The first kappa shape index (κ1) is 12.1. The minimum atomic E-state index is 0.134. The molecule has 2 rings (SSSR count). The zero-order valence-corrected chi connectivity index (χ0v) is 10.4. The zero-order valence-electron chi connectivity index (χ0n) is 10.4. The van der Waals surface area contributed by atoms with Crippen molar-refractivity contribution in [3.63, 3.8) is 0 Å². The normalized spacial score (nSPS) is 12.8. The van der Waals surface area contributed by atoms with Crippen LogP contribution in [0.25, 0.3) is 10.8 Å². The monoisotopic (exact) mass is 229 g/mol. The van der Waals surface area contributed by atoms with E-state index in [-0.39, 0.29) is 6.10 Å². The maximum Gasteiger partial charge on any atom is 0.0949 e. The van der Waals surface area contributed by atoms with Crippen LogP contribution in [-0.4, -0.2) is 20.2 Å². The molecule has 90 valence electrons. The molecule has 2 heteroatoms. The lowest BCUT2D eigenvalue weighted by Crippen LogP contribution is -2.19. The van der Waals surface area contributed by atoms with Gasteiger partial charge in [0, 0.05) is 13.2 Å². The average Bonchev–Trinajstić information content (AvgIpc) is 2.38. The molecule has 0 saturated heterocycles. The van der Waals surface area contributed by atoms with Gasteiger partial charge in [-0.2, -0.15) is 0 Å². The molecular formula is C15H19NO. The van der Waals surface area contributed by atoms with Gasteiger partial charge in [-0.3, -0.25) is 0 Å². The molecule has 2 aromatic carbocycles. The molecular weight excluding hydrogens is 210 g/mol. The highest BCUT2D eigenvalue weighted by atomic mass is 16.5. The number of fused-ring (bicyclic) bond motifs is 1. The van der Waals surface area contributed by atoms with E-state index >= 15 is 0 Å². The smallest absolute Gasteiger partial charge is 0.0949 e. The number of ether oxygens (including phenoxy) is 1. The van der Waals surface area contributed by atoms with Crippen LogP contribution >= 0.6 is 0 Å². The maximum atomic E-state index is 5.75. The molecule has 0 heterocycles. The van der Waals surface area contributed by atoms with Gasteiger partial charge in [-0.25, -0.2) is 0 Å². The van der Waals surface area contributed by atoms with Gasteiger partial charge in [-0.15, -0.1) is 0 Å². The fraction of sp³-hybridized carbons (Fsp3) is 0.333. The summed E-state index contributed by atoms with van der Waals surface area (Å²) in [6.45, 7) is 3.61. The van der Waals surface area contributed by atoms with E-state index in [1.807, 2.05) is 14.0 Å². The van der Waals surface area contributed by atoms with Crippen molar-refractivity contribution in [3.05, 3.63) is 48.0 Å². The van der Waals surface area contributed by atoms with Gasteiger partial charge in [0.05, 0.1) is 6.10 Å². The SMILES string of the molecule is CCO[C@H](CNC)c1ccc2ccccc2c1. The van der Waals surface area contributed by atoms with Crippen molar-refractivity contribution < 1.29 is 4.74 Å². The van der Waals surface area contributed by atoms with Crippen molar-refractivity contribution in [2.45, 2.75) is 13.0 Å². The number of benzene rings is 2. The number of likely N-dealkylation sites (N-methyl/N-ethyl adjacent to an activating group) is 1. The second-order valence-electron chi connectivity index (χ2n) is 4.11. The van der Waals surface area contributed by atoms with E-state index in [1.54, 1.807) is 0 Å². The van der Waals surface area contributed by atoms with Crippen LogP contribution in [-0.2, 0) is 4.74 Å². The van der Waals surface area contributed by atoms with Gasteiger partial charge in [0.15, 0.2) is 0 Å². The van der Waals surface area contributed by atoms with Crippen LogP contribution in [0.2, 0.25) is 0 Å². The second kappa shape index (κ2) is 5.80. The van der Waals surface area contributed by atoms with Gasteiger partial charge in [-0.05, 0) is 36.4 Å². The lowest BCUT2D eigenvalue weighted by Gasteiger charge is -2.17. The van der Waals surface area contributed by atoms with E-state index < -0.39 is 0 Å². The molecule has 0 aliphatic carbocycles. The van der Waals surface area contributed by atoms with Crippen molar-refractivity contribution in [1.82, 2.24) is 5.32 Å². The predicted molar refractivity (Wildman–Crippen MR) is 72.2 cm³/mol. The Morgan fingerprint density at radius 2 is 1.88 bits per heavy atom. The molecule has 17 heavy (non-hydrogen) atoms. The van der Waals surface area contributed by atoms with Gasteiger partial charge in [0.2, 0.25) is 0 Å². The molecule has 0 bridgehead atoms. The lowest BCUT2D eigenvalue weighted by molar-refractivity contribution is 0.0639. The van der Waals surface area contributed by atoms with Crippen LogP contribution in [0.4, 0.5) is 0 Å². The third-order valence-corrected chi connectivity index (χ3v) is 2.90. The quantitative estimate of drug-likeness (QED) is 0.850. The van der Waals surface area contributed by atoms with Gasteiger partial charge in [0.1, 0.15) is 0 Å². The first-order chi connectivity index (χ1) is 8.35. The largest absolute Gasteiger partial charge is 0.372 e. The topological polar surface area (TPSA) is 21.3 Å². The first-order valence-corrected chi connectivity index (χ1v) is 6.10. The molecule has 2 nitrogen and oxygen atoms in total. The number of rotatable bonds is 5. The highest BCUT2D eigenvalue weighted by molar-refractivity contribution is 5.83. The fourth-order valence-electron chi connectivity index (χ4n) is 2.07. The summed E-state index contributed by atoms with van der Waals surface area (Å²) in [5.41, 5.74) is 1.24. The summed E-state index contributed by atoms with van der Waals surface area (Å²) in [5, 5.41) is 5.72. The van der Waals surface area contributed by atoms with Crippen LogP contribution in [0, 0.1) is 0 Å². The fourth-order valence-corrected chi connectivity index (χ4v) is 2.07. The van der Waals surface area contributed by atoms with Gasteiger partial charge in [-0.1, -0.05) is 36.4 Å². The molecule has 0 aliphatic heterocycles. The highest BCUT2D eigenvalue weighted by Gasteiger charge is 2.10. The summed E-state index contributed by atoms with van der Waals surface area (Å²) in [6.07, 6.45) is 0.134. The summed E-state index contributed by atoms with van der Waals surface area (Å²) < 4.78 is 5.75. The Hall–Kier alpha value is -1.38. The molecule has 2 aromatic rings. The van der Waals surface area contributed by atoms with Crippen molar-refractivity contribution in [1.29, 1.82) is 0 Å². The molecule has 0 radical (unpaired) electrons. The third-order valence-electron chi connectivity index (χ3n) is 2.90. The Morgan fingerprint density at radius 3 is 2.59 bits per heavy atom. The van der Waals surface area contributed by atoms with E-state index in [1.165, 1.54) is 16.3 Å². The molecule has 1 atom stereocenters. The molecule has 0 aromatic heterocycles. The Balaban J connectivity index is 2.32. The zero-order chi connectivity index (χ0) is 12.1. The number of hydrogen-bond donors (Lipinski definition) is 1. The van der Waals surface area contributed by atoms with Crippen LogP contribution < -0.4 is 5.32 Å². The Bertz CT molecular complexity index is 475. The summed E-state index contributed by atoms with van der Waals surface area (Å²) in [4.78, 5) is 0. The van der Waals surface area contributed by atoms with E-state index in [0.29, 0.717) is 0 Å². The van der Waals surface area contributed by atoms with Crippen LogP contribution in [0.1, 0.15) is 18.6 Å². The molecule has 1 N–H and O–H groups in total.